The van der Waals surface area contributed by atoms with E-state index in [-0.39, 0.29) is 11.5 Å². The summed E-state index contributed by atoms with van der Waals surface area (Å²) in [6.07, 6.45) is 6.55. The van der Waals surface area contributed by atoms with Crippen molar-refractivity contribution in [2.75, 3.05) is 6.61 Å². The standard InChI is InChI=1S/C24H29BrO2/c1-2-27-22(19-12-6-7-14-21(19)25)20-13-8-9-15-23(20)16-17-24(23,26)18-10-4-3-5-11-18/h3-7,10-12,14,20,22,26H,2,8-9,13,15-17H2,1H3/t20-,22-,23+,24+/m1/s1. The van der Waals surface area contributed by atoms with E-state index in [9.17, 15) is 5.11 Å². The van der Waals surface area contributed by atoms with Crippen LogP contribution in [0.25, 0.3) is 0 Å². The van der Waals surface area contributed by atoms with Gasteiger partial charge in [0.15, 0.2) is 0 Å². The molecule has 0 bridgehead atoms. The molecule has 0 saturated heterocycles. The van der Waals surface area contributed by atoms with E-state index in [0.717, 1.165) is 35.7 Å². The molecule has 1 spiro atoms. The van der Waals surface area contributed by atoms with E-state index in [1.807, 2.05) is 18.2 Å². The Bertz CT molecular complexity index is 777. The molecule has 0 unspecified atom stereocenters. The summed E-state index contributed by atoms with van der Waals surface area (Å²) in [5.41, 5.74) is 1.45. The molecule has 2 saturated carbocycles. The van der Waals surface area contributed by atoms with E-state index in [4.69, 9.17) is 4.74 Å². The highest BCUT2D eigenvalue weighted by Gasteiger charge is 2.64. The van der Waals surface area contributed by atoms with Gasteiger partial charge in [0.25, 0.3) is 0 Å². The molecule has 27 heavy (non-hydrogen) atoms. The van der Waals surface area contributed by atoms with Crippen LogP contribution < -0.4 is 0 Å². The third kappa shape index (κ3) is 3.08. The SMILES string of the molecule is CCO[C@H](c1ccccc1Br)[C@H]1CCCC[C@]12CC[C@]2(O)c1ccccc1. The van der Waals surface area contributed by atoms with E-state index in [1.54, 1.807) is 0 Å². The quantitative estimate of drug-likeness (QED) is 0.597. The molecule has 2 aromatic carbocycles. The van der Waals surface area contributed by atoms with Crippen LogP contribution in [0.1, 0.15) is 62.7 Å². The van der Waals surface area contributed by atoms with Crippen molar-refractivity contribution in [3.05, 3.63) is 70.2 Å². The first-order valence-corrected chi connectivity index (χ1v) is 11.1. The number of rotatable bonds is 5. The topological polar surface area (TPSA) is 29.5 Å². The maximum absolute atomic E-state index is 11.9. The number of hydrogen-bond donors (Lipinski definition) is 1. The summed E-state index contributed by atoms with van der Waals surface area (Å²) >= 11 is 3.74. The zero-order valence-electron chi connectivity index (χ0n) is 16.0. The van der Waals surface area contributed by atoms with Crippen molar-refractivity contribution in [3.8, 4) is 0 Å². The summed E-state index contributed by atoms with van der Waals surface area (Å²) < 4.78 is 7.47. The Kier molecular flexibility index (Phi) is 5.46. The monoisotopic (exact) mass is 428 g/mol. The Labute approximate surface area is 171 Å². The lowest BCUT2D eigenvalue weighted by Crippen LogP contribution is -2.60. The zero-order chi connectivity index (χ0) is 18.9. The van der Waals surface area contributed by atoms with Gasteiger partial charge in [-0.2, -0.15) is 0 Å². The lowest BCUT2D eigenvalue weighted by Gasteiger charge is -2.63. The number of aliphatic hydroxyl groups is 1. The van der Waals surface area contributed by atoms with Crippen LogP contribution in [0.15, 0.2) is 59.1 Å². The van der Waals surface area contributed by atoms with Gasteiger partial charge in [0.05, 0.1) is 11.7 Å². The zero-order valence-corrected chi connectivity index (χ0v) is 17.6. The molecule has 2 fully saturated rings. The molecule has 0 heterocycles. The van der Waals surface area contributed by atoms with Crippen molar-refractivity contribution >= 4 is 15.9 Å². The molecule has 2 aliphatic rings. The molecule has 144 valence electrons. The second-order valence-corrected chi connectivity index (χ2v) is 8.99. The fourth-order valence-electron chi connectivity index (χ4n) is 5.67. The largest absolute Gasteiger partial charge is 0.385 e. The third-order valence-electron chi connectivity index (χ3n) is 7.03. The minimum atomic E-state index is -0.740. The van der Waals surface area contributed by atoms with Gasteiger partial charge in [-0.05, 0) is 55.7 Å². The molecule has 1 N–H and O–H groups in total. The fraction of sp³-hybridized carbons (Fsp3) is 0.500. The Balaban J connectivity index is 1.77. The van der Waals surface area contributed by atoms with Crippen LogP contribution in [0.3, 0.4) is 0 Å². The minimum absolute atomic E-state index is 0.0152. The Morgan fingerprint density at radius 2 is 1.78 bits per heavy atom. The summed E-state index contributed by atoms with van der Waals surface area (Å²) in [5, 5.41) is 11.9. The van der Waals surface area contributed by atoms with Crippen LogP contribution in [-0.2, 0) is 10.3 Å². The molecule has 2 nitrogen and oxygen atoms in total. The average molecular weight is 429 g/mol. The van der Waals surface area contributed by atoms with E-state index in [1.165, 1.54) is 18.4 Å². The van der Waals surface area contributed by atoms with Crippen LogP contribution in [0.5, 0.6) is 0 Å². The normalized spacial score (nSPS) is 31.4. The molecular weight excluding hydrogens is 400 g/mol. The van der Waals surface area contributed by atoms with Gasteiger partial charge in [0.1, 0.15) is 0 Å². The number of ether oxygens (including phenoxy) is 1. The first kappa shape index (κ1) is 19.2. The molecule has 0 amide bonds. The summed E-state index contributed by atoms with van der Waals surface area (Å²) in [6, 6.07) is 18.7. The molecule has 4 atom stereocenters. The molecule has 0 aliphatic heterocycles. The van der Waals surface area contributed by atoms with Gasteiger partial charge < -0.3 is 9.84 Å². The predicted octanol–water partition coefficient (Wildman–Crippen LogP) is 6.38. The highest BCUT2D eigenvalue weighted by molar-refractivity contribution is 9.10. The van der Waals surface area contributed by atoms with Gasteiger partial charge in [-0.1, -0.05) is 77.3 Å². The predicted molar refractivity (Wildman–Crippen MR) is 112 cm³/mol. The molecule has 4 rings (SSSR count). The second-order valence-electron chi connectivity index (χ2n) is 8.13. The van der Waals surface area contributed by atoms with Gasteiger partial charge in [-0.25, -0.2) is 0 Å². The van der Waals surface area contributed by atoms with Crippen LogP contribution in [-0.4, -0.2) is 11.7 Å². The Morgan fingerprint density at radius 3 is 2.44 bits per heavy atom. The number of halogens is 1. The van der Waals surface area contributed by atoms with Crippen LogP contribution >= 0.6 is 15.9 Å². The molecule has 2 aliphatic carbocycles. The number of hydrogen-bond acceptors (Lipinski definition) is 2. The lowest BCUT2D eigenvalue weighted by molar-refractivity contribution is -0.240. The summed E-state index contributed by atoms with van der Waals surface area (Å²) in [4.78, 5) is 0. The number of benzene rings is 2. The first-order chi connectivity index (χ1) is 13.1. The highest BCUT2D eigenvalue weighted by atomic mass is 79.9. The van der Waals surface area contributed by atoms with Crippen molar-refractivity contribution in [1.82, 2.24) is 0 Å². The second kappa shape index (κ2) is 7.69. The van der Waals surface area contributed by atoms with Crippen molar-refractivity contribution in [2.24, 2.45) is 11.3 Å². The van der Waals surface area contributed by atoms with E-state index in [2.05, 4.69) is 59.3 Å². The Hall–Kier alpha value is -1.16. The van der Waals surface area contributed by atoms with Crippen molar-refractivity contribution in [3.63, 3.8) is 0 Å². The third-order valence-corrected chi connectivity index (χ3v) is 7.75. The summed E-state index contributed by atoms with van der Waals surface area (Å²) in [5.74, 6) is 0.323. The van der Waals surface area contributed by atoms with Crippen molar-refractivity contribution < 1.29 is 9.84 Å². The maximum Gasteiger partial charge on any atom is 0.0956 e. The van der Waals surface area contributed by atoms with Gasteiger partial charge in [0, 0.05) is 16.5 Å². The highest BCUT2D eigenvalue weighted by Crippen LogP contribution is 2.68. The smallest absolute Gasteiger partial charge is 0.0956 e. The maximum atomic E-state index is 11.9. The lowest BCUT2D eigenvalue weighted by atomic mass is 9.44. The van der Waals surface area contributed by atoms with Crippen LogP contribution in [0.4, 0.5) is 0 Å². The van der Waals surface area contributed by atoms with Crippen LogP contribution in [0, 0.1) is 11.3 Å². The van der Waals surface area contributed by atoms with Crippen LogP contribution in [0.2, 0.25) is 0 Å². The van der Waals surface area contributed by atoms with Gasteiger partial charge in [0.2, 0.25) is 0 Å². The molecule has 0 radical (unpaired) electrons. The average Bonchev–Trinajstić information content (AvgIpc) is 2.72. The Morgan fingerprint density at radius 1 is 1.04 bits per heavy atom. The molecule has 0 aromatic heterocycles. The summed E-state index contributed by atoms with van der Waals surface area (Å²) in [7, 11) is 0. The van der Waals surface area contributed by atoms with E-state index < -0.39 is 5.60 Å². The molecule has 3 heteroatoms. The van der Waals surface area contributed by atoms with Gasteiger partial charge in [-0.3, -0.25) is 0 Å². The molecule has 2 aromatic rings. The summed E-state index contributed by atoms with van der Waals surface area (Å²) in [6.45, 7) is 2.76. The molecular formula is C24H29BrO2. The fourth-order valence-corrected chi connectivity index (χ4v) is 6.18. The van der Waals surface area contributed by atoms with Gasteiger partial charge in [-0.15, -0.1) is 0 Å². The van der Waals surface area contributed by atoms with Gasteiger partial charge >= 0.3 is 0 Å². The first-order valence-electron chi connectivity index (χ1n) is 10.3. The minimum Gasteiger partial charge on any atom is -0.385 e. The van der Waals surface area contributed by atoms with E-state index in [0.29, 0.717) is 12.5 Å². The van der Waals surface area contributed by atoms with Crippen molar-refractivity contribution in [2.45, 2.75) is 57.2 Å². The van der Waals surface area contributed by atoms with E-state index >= 15 is 0 Å². The van der Waals surface area contributed by atoms with Crippen molar-refractivity contribution in [1.29, 1.82) is 0 Å².